The van der Waals surface area contributed by atoms with Gasteiger partial charge in [-0.2, -0.15) is 0 Å². The van der Waals surface area contributed by atoms with Crippen LogP contribution in [0.25, 0.3) is 11.4 Å². The van der Waals surface area contributed by atoms with E-state index < -0.39 is 0 Å². The number of thioether (sulfide) groups is 1. The number of hydrogen-bond acceptors (Lipinski definition) is 8. The van der Waals surface area contributed by atoms with Crippen molar-refractivity contribution < 1.29 is 14.3 Å². The van der Waals surface area contributed by atoms with Gasteiger partial charge in [-0.25, -0.2) is 0 Å². The van der Waals surface area contributed by atoms with Crippen molar-refractivity contribution in [3.05, 3.63) is 36.5 Å². The molecule has 0 atom stereocenters. The number of amides is 1. The monoisotopic (exact) mass is 499 g/mol. The van der Waals surface area contributed by atoms with Crippen LogP contribution in [0.3, 0.4) is 0 Å². The van der Waals surface area contributed by atoms with Crippen molar-refractivity contribution in [1.29, 1.82) is 0 Å². The number of hydrogen-bond donors (Lipinski definition) is 0. The Balaban J connectivity index is 1.43. The highest BCUT2D eigenvalue weighted by molar-refractivity contribution is 7.99. The molecule has 0 N–H and O–H groups in total. The summed E-state index contributed by atoms with van der Waals surface area (Å²) in [5, 5.41) is 14.0. The van der Waals surface area contributed by atoms with Gasteiger partial charge >= 0.3 is 0 Å². The SMILES string of the molecule is CCOc1nn(CC)cc1-c1nnc(SCC(=O)N2CCN(c3ccccc3)CC2)n1CCOC. The van der Waals surface area contributed by atoms with Crippen molar-refractivity contribution in [1.82, 2.24) is 29.4 Å². The van der Waals surface area contributed by atoms with Gasteiger partial charge in [-0.15, -0.1) is 15.3 Å². The third kappa shape index (κ3) is 5.96. The molecule has 35 heavy (non-hydrogen) atoms. The van der Waals surface area contributed by atoms with Gasteiger partial charge in [0, 0.05) is 51.7 Å². The second-order valence-electron chi connectivity index (χ2n) is 8.08. The molecule has 0 unspecified atom stereocenters. The first-order valence-electron chi connectivity index (χ1n) is 12.0. The number of benzene rings is 1. The molecule has 0 aliphatic carbocycles. The van der Waals surface area contributed by atoms with Gasteiger partial charge in [0.1, 0.15) is 5.56 Å². The average molecular weight is 500 g/mol. The molecule has 1 aromatic carbocycles. The maximum absolute atomic E-state index is 13.0. The number of piperazine rings is 1. The van der Waals surface area contributed by atoms with E-state index in [1.54, 1.807) is 7.11 Å². The minimum atomic E-state index is 0.111. The van der Waals surface area contributed by atoms with Crippen LogP contribution in [0.1, 0.15) is 13.8 Å². The van der Waals surface area contributed by atoms with E-state index in [1.807, 2.05) is 52.4 Å². The Hall–Kier alpha value is -3.05. The van der Waals surface area contributed by atoms with Gasteiger partial charge < -0.3 is 19.3 Å². The molecule has 3 aromatic rings. The summed E-state index contributed by atoms with van der Waals surface area (Å²) in [6.07, 6.45) is 1.92. The average Bonchev–Trinajstić information content (AvgIpc) is 3.50. The van der Waals surface area contributed by atoms with Gasteiger partial charge in [0.25, 0.3) is 0 Å². The molecule has 0 radical (unpaired) electrons. The van der Waals surface area contributed by atoms with Gasteiger partial charge in [0.2, 0.25) is 11.8 Å². The Morgan fingerprint density at radius 3 is 2.54 bits per heavy atom. The van der Waals surface area contributed by atoms with Crippen LogP contribution in [0, 0.1) is 0 Å². The molecule has 3 heterocycles. The van der Waals surface area contributed by atoms with Crippen LogP contribution in [0.15, 0.2) is 41.7 Å². The molecular formula is C24H33N7O3S. The second kappa shape index (κ2) is 12.1. The Morgan fingerprint density at radius 2 is 1.86 bits per heavy atom. The van der Waals surface area contributed by atoms with E-state index in [1.165, 1.54) is 17.4 Å². The van der Waals surface area contributed by atoms with Gasteiger partial charge in [0.15, 0.2) is 11.0 Å². The highest BCUT2D eigenvalue weighted by atomic mass is 32.2. The largest absolute Gasteiger partial charge is 0.476 e. The zero-order chi connectivity index (χ0) is 24.6. The fraction of sp³-hybridized carbons (Fsp3) is 0.500. The molecule has 1 aliphatic rings. The molecule has 1 amide bonds. The van der Waals surface area contributed by atoms with E-state index >= 15 is 0 Å². The number of anilines is 1. The van der Waals surface area contributed by atoms with Crippen LogP contribution < -0.4 is 9.64 Å². The van der Waals surface area contributed by atoms with Crippen LogP contribution in [0.4, 0.5) is 5.69 Å². The molecule has 10 nitrogen and oxygen atoms in total. The summed E-state index contributed by atoms with van der Waals surface area (Å²) in [4.78, 5) is 17.2. The number of para-hydroxylation sites is 1. The fourth-order valence-corrected chi connectivity index (χ4v) is 4.88. The van der Waals surface area contributed by atoms with Gasteiger partial charge in [-0.05, 0) is 26.0 Å². The van der Waals surface area contributed by atoms with E-state index in [0.717, 1.165) is 25.2 Å². The van der Waals surface area contributed by atoms with E-state index in [-0.39, 0.29) is 5.91 Å². The lowest BCUT2D eigenvalue weighted by Gasteiger charge is -2.36. The Morgan fingerprint density at radius 1 is 1.09 bits per heavy atom. The first-order chi connectivity index (χ1) is 17.1. The summed E-state index contributed by atoms with van der Waals surface area (Å²) in [5.41, 5.74) is 1.98. The molecule has 2 aromatic heterocycles. The lowest BCUT2D eigenvalue weighted by Crippen LogP contribution is -2.49. The normalized spacial score (nSPS) is 13.9. The molecule has 0 saturated carbocycles. The Labute approximate surface area is 210 Å². The highest BCUT2D eigenvalue weighted by Crippen LogP contribution is 2.30. The predicted molar refractivity (Wildman–Crippen MR) is 136 cm³/mol. The predicted octanol–water partition coefficient (Wildman–Crippen LogP) is 2.65. The van der Waals surface area contributed by atoms with Crippen LogP contribution in [-0.4, -0.2) is 87.6 Å². The summed E-state index contributed by atoms with van der Waals surface area (Å²) in [6, 6.07) is 10.3. The third-order valence-corrected chi connectivity index (χ3v) is 6.84. The van der Waals surface area contributed by atoms with Crippen molar-refractivity contribution >= 4 is 23.4 Å². The summed E-state index contributed by atoms with van der Waals surface area (Å²) in [6.45, 7) is 9.33. The minimum absolute atomic E-state index is 0.111. The number of aromatic nitrogens is 5. The van der Waals surface area contributed by atoms with Crippen molar-refractivity contribution in [2.75, 3.05) is 57.2 Å². The van der Waals surface area contributed by atoms with Gasteiger partial charge in [-0.3, -0.25) is 14.0 Å². The molecule has 4 rings (SSSR count). The fourth-order valence-electron chi connectivity index (χ4n) is 4.01. The number of ether oxygens (including phenoxy) is 2. The van der Waals surface area contributed by atoms with Gasteiger partial charge in [0.05, 0.1) is 25.5 Å². The molecule has 11 heteroatoms. The maximum atomic E-state index is 13.0. The van der Waals surface area contributed by atoms with Crippen molar-refractivity contribution in [2.24, 2.45) is 0 Å². The first-order valence-corrected chi connectivity index (χ1v) is 13.0. The summed E-state index contributed by atoms with van der Waals surface area (Å²) in [5.74, 6) is 1.61. The summed E-state index contributed by atoms with van der Waals surface area (Å²) < 4.78 is 14.9. The lowest BCUT2D eigenvalue weighted by atomic mass is 10.2. The second-order valence-corrected chi connectivity index (χ2v) is 9.02. The third-order valence-electron chi connectivity index (χ3n) is 5.89. The number of aryl methyl sites for hydroxylation is 1. The summed E-state index contributed by atoms with van der Waals surface area (Å²) in [7, 11) is 1.66. The van der Waals surface area contributed by atoms with Crippen LogP contribution in [0.5, 0.6) is 5.88 Å². The zero-order valence-corrected chi connectivity index (χ0v) is 21.4. The number of methoxy groups -OCH3 is 1. The smallest absolute Gasteiger partial charge is 0.243 e. The van der Waals surface area contributed by atoms with Crippen LogP contribution >= 0.6 is 11.8 Å². The number of nitrogens with zero attached hydrogens (tertiary/aromatic N) is 7. The molecule has 0 bridgehead atoms. The number of carbonyl (C=O) groups excluding carboxylic acids is 1. The van der Waals surface area contributed by atoms with E-state index in [2.05, 4.69) is 32.3 Å². The van der Waals surface area contributed by atoms with Crippen molar-refractivity contribution in [3.63, 3.8) is 0 Å². The topological polar surface area (TPSA) is 90.5 Å². The highest BCUT2D eigenvalue weighted by Gasteiger charge is 2.24. The Kier molecular flexibility index (Phi) is 8.64. The molecule has 1 saturated heterocycles. The van der Waals surface area contributed by atoms with Gasteiger partial charge in [-0.1, -0.05) is 30.0 Å². The molecule has 188 valence electrons. The molecule has 1 aliphatic heterocycles. The standard InChI is InChI=1S/C24H33N7O3S/c1-4-30-17-20(23(27-30)34-5-2)22-25-26-24(31(22)15-16-33-3)35-18-21(32)29-13-11-28(12-14-29)19-9-7-6-8-10-19/h6-10,17H,4-5,11-16,18H2,1-3H3. The maximum Gasteiger partial charge on any atom is 0.243 e. The van der Waals surface area contributed by atoms with Crippen LogP contribution in [0.2, 0.25) is 0 Å². The van der Waals surface area contributed by atoms with E-state index in [0.29, 0.717) is 55.5 Å². The number of carbonyl (C=O) groups is 1. The lowest BCUT2D eigenvalue weighted by molar-refractivity contribution is -0.128. The van der Waals surface area contributed by atoms with Crippen molar-refractivity contribution in [2.45, 2.75) is 32.1 Å². The minimum Gasteiger partial charge on any atom is -0.476 e. The first kappa shape index (κ1) is 25.1. The van der Waals surface area contributed by atoms with Crippen LogP contribution in [-0.2, 0) is 22.6 Å². The molecular weight excluding hydrogens is 466 g/mol. The van der Waals surface area contributed by atoms with E-state index in [4.69, 9.17) is 9.47 Å². The quantitative estimate of drug-likeness (QED) is 0.372. The Bertz CT molecular complexity index is 1090. The van der Waals surface area contributed by atoms with E-state index in [9.17, 15) is 4.79 Å². The zero-order valence-electron chi connectivity index (χ0n) is 20.6. The molecule has 1 fully saturated rings. The molecule has 0 spiro atoms. The number of rotatable bonds is 11. The summed E-state index contributed by atoms with van der Waals surface area (Å²) >= 11 is 1.40. The van der Waals surface area contributed by atoms with Crippen molar-refractivity contribution in [3.8, 4) is 17.3 Å².